The maximum absolute atomic E-state index is 8.82. The van der Waals surface area contributed by atoms with Crippen LogP contribution in [0.5, 0.6) is 0 Å². The van der Waals surface area contributed by atoms with Crippen LogP contribution in [-0.4, -0.2) is 11.7 Å². The molecule has 1 aromatic carbocycles. The van der Waals surface area contributed by atoms with Crippen LogP contribution in [-0.2, 0) is 26.2 Å². The van der Waals surface area contributed by atoms with E-state index in [-0.39, 0.29) is 70.0 Å². The third kappa shape index (κ3) is 4.89. The minimum Gasteiger partial charge on any atom is -1.00 e. The van der Waals surface area contributed by atoms with Crippen LogP contribution in [0.1, 0.15) is 23.5 Å². The SMILES string of the molecule is OCC[C@H]1C=Cc2ccccc21.[Cl-].[Cl-].[Cl-].[Zr+3]. The standard InChI is InChI=1S/C11H12O.3ClH.Zr/c12-8-7-10-6-5-9-3-1-2-4-11(9)10;;;;/h1-6,10,12H,7-8H2;3*1H;/q;;;;+3/p-3/t10-;;;;/m1..../s1. The first kappa shape index (κ1) is 21.9. The van der Waals surface area contributed by atoms with Gasteiger partial charge in [-0.25, -0.2) is 0 Å². The largest absolute Gasteiger partial charge is 3.00 e. The fourth-order valence-corrected chi connectivity index (χ4v) is 1.71. The number of aliphatic hydroxyl groups excluding tert-OH is 1. The van der Waals surface area contributed by atoms with Crippen LogP contribution in [0.2, 0.25) is 0 Å². The van der Waals surface area contributed by atoms with Crippen LogP contribution in [0.3, 0.4) is 0 Å². The van der Waals surface area contributed by atoms with Gasteiger partial charge in [0.05, 0.1) is 0 Å². The van der Waals surface area contributed by atoms with Crippen molar-refractivity contribution in [1.82, 2.24) is 0 Å². The molecule has 1 N–H and O–H groups in total. The summed E-state index contributed by atoms with van der Waals surface area (Å²) in [5.41, 5.74) is 2.66. The van der Waals surface area contributed by atoms with Crippen molar-refractivity contribution in [2.75, 3.05) is 6.61 Å². The molecule has 5 heteroatoms. The van der Waals surface area contributed by atoms with Crippen molar-refractivity contribution < 1.29 is 68.5 Å². The topological polar surface area (TPSA) is 20.2 Å². The molecule has 0 spiro atoms. The van der Waals surface area contributed by atoms with Gasteiger partial charge in [0.2, 0.25) is 0 Å². The molecule has 16 heavy (non-hydrogen) atoms. The van der Waals surface area contributed by atoms with Crippen LogP contribution in [0, 0.1) is 0 Å². The Bertz CT molecular complexity index is 318. The molecular weight excluding hydrogens is 346 g/mol. The molecule has 0 aromatic heterocycles. The van der Waals surface area contributed by atoms with E-state index in [9.17, 15) is 0 Å². The Balaban J connectivity index is -0.000000422. The summed E-state index contributed by atoms with van der Waals surface area (Å²) < 4.78 is 0. The number of aliphatic hydroxyl groups is 1. The number of allylic oxidation sites excluding steroid dienone is 1. The van der Waals surface area contributed by atoms with Crippen LogP contribution in [0.15, 0.2) is 30.3 Å². The predicted molar refractivity (Wildman–Crippen MR) is 49.9 cm³/mol. The van der Waals surface area contributed by atoms with E-state index in [4.69, 9.17) is 5.11 Å². The molecule has 1 nitrogen and oxygen atoms in total. The second kappa shape index (κ2) is 10.8. The van der Waals surface area contributed by atoms with Crippen molar-refractivity contribution in [2.45, 2.75) is 12.3 Å². The van der Waals surface area contributed by atoms with Gasteiger partial charge in [-0.05, 0) is 17.5 Å². The Hall–Kier alpha value is 0.673. The molecule has 1 aliphatic rings. The number of halogens is 3. The second-order valence-electron chi connectivity index (χ2n) is 3.11. The molecule has 2 rings (SSSR count). The molecule has 1 atom stereocenters. The summed E-state index contributed by atoms with van der Waals surface area (Å²) in [6.45, 7) is 0.267. The van der Waals surface area contributed by atoms with Gasteiger partial charge in [-0.2, -0.15) is 0 Å². The Labute approximate surface area is 134 Å². The summed E-state index contributed by atoms with van der Waals surface area (Å²) >= 11 is 0. The Morgan fingerprint density at radius 2 is 1.69 bits per heavy atom. The van der Waals surface area contributed by atoms with E-state index in [1.165, 1.54) is 11.1 Å². The van der Waals surface area contributed by atoms with Crippen molar-refractivity contribution in [2.24, 2.45) is 0 Å². The maximum atomic E-state index is 8.82. The van der Waals surface area contributed by atoms with Crippen molar-refractivity contribution in [3.63, 3.8) is 0 Å². The summed E-state index contributed by atoms with van der Waals surface area (Å²) in [7, 11) is 0. The van der Waals surface area contributed by atoms with E-state index in [1.54, 1.807) is 0 Å². The summed E-state index contributed by atoms with van der Waals surface area (Å²) in [5, 5.41) is 8.82. The Kier molecular flexibility index (Phi) is 14.8. The first-order valence-electron chi connectivity index (χ1n) is 4.30. The smallest absolute Gasteiger partial charge is 1.00 e. The van der Waals surface area contributed by atoms with Gasteiger partial charge in [0, 0.05) is 12.5 Å². The van der Waals surface area contributed by atoms with Crippen molar-refractivity contribution >= 4 is 6.08 Å². The molecule has 0 unspecified atom stereocenters. The van der Waals surface area contributed by atoms with Crippen molar-refractivity contribution in [3.8, 4) is 0 Å². The third-order valence-electron chi connectivity index (χ3n) is 2.34. The predicted octanol–water partition coefficient (Wildman–Crippen LogP) is -6.81. The van der Waals surface area contributed by atoms with Crippen LogP contribution in [0.4, 0.5) is 0 Å². The summed E-state index contributed by atoms with van der Waals surface area (Å²) in [4.78, 5) is 0. The minimum absolute atomic E-state index is 0. The second-order valence-corrected chi connectivity index (χ2v) is 3.11. The van der Waals surface area contributed by atoms with Gasteiger partial charge < -0.3 is 42.3 Å². The van der Waals surface area contributed by atoms with Gasteiger partial charge in [0.25, 0.3) is 0 Å². The average Bonchev–Trinajstić information content (AvgIpc) is 2.50. The zero-order chi connectivity index (χ0) is 8.39. The Morgan fingerprint density at radius 3 is 2.31 bits per heavy atom. The fourth-order valence-electron chi connectivity index (χ4n) is 1.71. The zero-order valence-electron chi connectivity index (χ0n) is 8.54. The van der Waals surface area contributed by atoms with E-state index in [1.807, 2.05) is 6.07 Å². The molecule has 87 valence electrons. The van der Waals surface area contributed by atoms with E-state index in [2.05, 4.69) is 30.4 Å². The molecule has 1 aliphatic carbocycles. The number of fused-ring (bicyclic) bond motifs is 1. The number of benzene rings is 1. The van der Waals surface area contributed by atoms with Crippen molar-refractivity contribution in [1.29, 1.82) is 0 Å². The molecule has 0 saturated carbocycles. The monoisotopic (exact) mass is 355 g/mol. The molecule has 0 saturated heterocycles. The molecule has 0 aliphatic heterocycles. The molecule has 0 amide bonds. The van der Waals surface area contributed by atoms with E-state index in [0.29, 0.717) is 5.92 Å². The summed E-state index contributed by atoms with van der Waals surface area (Å²) in [6, 6.07) is 8.35. The molecule has 0 bridgehead atoms. The number of hydrogen-bond acceptors (Lipinski definition) is 1. The minimum atomic E-state index is 0. The van der Waals surface area contributed by atoms with E-state index in [0.717, 1.165) is 6.42 Å². The van der Waals surface area contributed by atoms with Crippen LogP contribution >= 0.6 is 0 Å². The fraction of sp³-hybridized carbons (Fsp3) is 0.273. The summed E-state index contributed by atoms with van der Waals surface area (Å²) in [6.07, 6.45) is 5.14. The van der Waals surface area contributed by atoms with Gasteiger partial charge in [-0.1, -0.05) is 36.4 Å². The normalized spacial score (nSPS) is 14.7. The van der Waals surface area contributed by atoms with Crippen molar-refractivity contribution in [3.05, 3.63) is 41.5 Å². The van der Waals surface area contributed by atoms with Crippen LogP contribution in [0.25, 0.3) is 6.08 Å². The molecule has 1 aromatic rings. The molecular formula is C11H12Cl3OZr. The van der Waals surface area contributed by atoms with Crippen LogP contribution < -0.4 is 37.2 Å². The summed E-state index contributed by atoms with van der Waals surface area (Å²) in [5.74, 6) is 0.436. The van der Waals surface area contributed by atoms with Gasteiger partial charge in [-0.15, -0.1) is 0 Å². The third-order valence-corrected chi connectivity index (χ3v) is 2.34. The van der Waals surface area contributed by atoms with Gasteiger partial charge in [0.1, 0.15) is 0 Å². The molecule has 1 radical (unpaired) electrons. The average molecular weight is 358 g/mol. The van der Waals surface area contributed by atoms with Gasteiger partial charge in [-0.3, -0.25) is 0 Å². The quantitative estimate of drug-likeness (QED) is 0.558. The van der Waals surface area contributed by atoms with E-state index < -0.39 is 0 Å². The first-order valence-corrected chi connectivity index (χ1v) is 4.30. The zero-order valence-corrected chi connectivity index (χ0v) is 13.3. The first-order chi connectivity index (χ1) is 5.92. The van der Waals surface area contributed by atoms with E-state index >= 15 is 0 Å². The van der Waals surface area contributed by atoms with Gasteiger partial charge >= 0.3 is 26.2 Å². The van der Waals surface area contributed by atoms with Gasteiger partial charge in [0.15, 0.2) is 0 Å². The maximum Gasteiger partial charge on any atom is 3.00 e. The number of hydrogen-bond donors (Lipinski definition) is 1. The Morgan fingerprint density at radius 1 is 1.06 bits per heavy atom. The number of rotatable bonds is 2. The molecule has 0 heterocycles. The molecule has 0 fully saturated rings.